The maximum atomic E-state index is 13.3. The van der Waals surface area contributed by atoms with Crippen molar-refractivity contribution in [2.24, 2.45) is 0 Å². The van der Waals surface area contributed by atoms with E-state index in [-0.39, 0.29) is 5.82 Å². The molecule has 3 aliphatic heterocycles. The number of rotatable bonds is 4. The van der Waals surface area contributed by atoms with Crippen molar-refractivity contribution >= 4 is 16.9 Å². The highest BCUT2D eigenvalue weighted by Gasteiger charge is 2.44. The fraction of sp³-hybridized carbons (Fsp3) is 0.368. The average molecular weight is 337 g/mol. The van der Waals surface area contributed by atoms with Gasteiger partial charge in [-0.25, -0.2) is 14.4 Å². The van der Waals surface area contributed by atoms with Crippen LogP contribution in [0.5, 0.6) is 0 Å². The number of halogens is 1. The van der Waals surface area contributed by atoms with Gasteiger partial charge in [0.1, 0.15) is 5.82 Å². The minimum atomic E-state index is -0.175. The van der Waals surface area contributed by atoms with Crippen LogP contribution in [0.25, 0.3) is 10.9 Å². The summed E-state index contributed by atoms with van der Waals surface area (Å²) in [4.78, 5) is 13.6. The van der Waals surface area contributed by atoms with Gasteiger partial charge in [0.15, 0.2) is 0 Å². The lowest BCUT2D eigenvalue weighted by Gasteiger charge is -2.56. The number of piperidine rings is 1. The summed E-state index contributed by atoms with van der Waals surface area (Å²) < 4.78 is 15.5. The van der Waals surface area contributed by atoms with Crippen molar-refractivity contribution in [2.75, 3.05) is 24.5 Å². The maximum absolute atomic E-state index is 13.3. The third kappa shape index (κ3) is 2.57. The van der Waals surface area contributed by atoms with Crippen LogP contribution < -0.4 is 4.90 Å². The molecule has 5 heterocycles. The van der Waals surface area contributed by atoms with E-state index in [1.807, 2.05) is 18.2 Å². The first-order valence-electron chi connectivity index (χ1n) is 8.80. The molecule has 0 saturated carbocycles. The Bertz CT molecular complexity index is 881. The summed E-state index contributed by atoms with van der Waals surface area (Å²) >= 11 is 0. The molecule has 0 amide bonds. The fourth-order valence-electron chi connectivity index (χ4n) is 4.26. The number of aromatic nitrogens is 3. The Labute approximate surface area is 145 Å². The van der Waals surface area contributed by atoms with Gasteiger partial charge in [0.25, 0.3) is 0 Å². The lowest BCUT2D eigenvalue weighted by atomic mass is 9.87. The molecular weight excluding hydrogens is 317 g/mol. The minimum absolute atomic E-state index is 0.175. The predicted molar refractivity (Wildman–Crippen MR) is 95.0 cm³/mol. The van der Waals surface area contributed by atoms with Gasteiger partial charge >= 0.3 is 0 Å². The SMILES string of the molecule is Fc1ccc2c(ccn2CCN2C3CC2CN(c2ncccn2)C3)c1. The van der Waals surface area contributed by atoms with Crippen LogP contribution >= 0.6 is 0 Å². The average Bonchev–Trinajstić information content (AvgIpc) is 3.04. The van der Waals surface area contributed by atoms with E-state index in [0.29, 0.717) is 12.1 Å². The van der Waals surface area contributed by atoms with Gasteiger partial charge in [-0.1, -0.05) is 0 Å². The van der Waals surface area contributed by atoms with E-state index in [9.17, 15) is 4.39 Å². The van der Waals surface area contributed by atoms with Crippen molar-refractivity contribution in [3.8, 4) is 0 Å². The molecule has 0 radical (unpaired) electrons. The summed E-state index contributed by atoms with van der Waals surface area (Å²) in [5.74, 6) is 0.668. The van der Waals surface area contributed by atoms with Crippen LogP contribution in [-0.4, -0.2) is 51.2 Å². The lowest BCUT2D eigenvalue weighted by Crippen LogP contribution is -2.69. The lowest BCUT2D eigenvalue weighted by molar-refractivity contribution is -0.00352. The maximum Gasteiger partial charge on any atom is 0.225 e. The summed E-state index contributed by atoms with van der Waals surface area (Å²) in [7, 11) is 0. The number of nitrogens with zero attached hydrogens (tertiary/aromatic N) is 5. The quantitative estimate of drug-likeness (QED) is 0.733. The molecule has 0 aliphatic carbocycles. The normalized spacial score (nSPS) is 23.0. The first kappa shape index (κ1) is 14.8. The summed E-state index contributed by atoms with van der Waals surface area (Å²) in [6.07, 6.45) is 6.94. The zero-order chi connectivity index (χ0) is 16.8. The van der Waals surface area contributed by atoms with Crippen LogP contribution in [0.1, 0.15) is 6.42 Å². The Hall–Kier alpha value is -2.47. The second-order valence-electron chi connectivity index (χ2n) is 6.95. The highest BCUT2D eigenvalue weighted by Crippen LogP contribution is 2.33. The molecule has 128 valence electrons. The molecule has 2 bridgehead atoms. The van der Waals surface area contributed by atoms with Gasteiger partial charge in [-0.3, -0.25) is 4.90 Å². The molecule has 5 nitrogen and oxygen atoms in total. The third-order valence-corrected chi connectivity index (χ3v) is 5.51. The smallest absolute Gasteiger partial charge is 0.225 e. The molecule has 6 heteroatoms. The summed E-state index contributed by atoms with van der Waals surface area (Å²) in [6, 6.07) is 10.0. The highest BCUT2D eigenvalue weighted by atomic mass is 19.1. The first-order valence-corrected chi connectivity index (χ1v) is 8.80. The summed E-state index contributed by atoms with van der Waals surface area (Å²) in [5, 5.41) is 0.969. The molecule has 3 aliphatic rings. The van der Waals surface area contributed by atoms with Crippen molar-refractivity contribution in [3.05, 3.63) is 54.7 Å². The molecule has 3 aromatic rings. The zero-order valence-electron chi connectivity index (χ0n) is 13.9. The molecule has 0 N–H and O–H groups in total. The standard InChI is InChI=1S/C19H20FN5/c20-15-2-3-18-14(10-15)4-7-23(18)8-9-25-16-11-17(25)13-24(12-16)19-21-5-1-6-22-19/h1-7,10,16-17H,8-9,11-13H2. The number of benzene rings is 1. The molecule has 3 fully saturated rings. The van der Waals surface area contributed by atoms with Crippen LogP contribution in [0.3, 0.4) is 0 Å². The number of anilines is 1. The molecule has 0 spiro atoms. The molecule has 2 unspecified atom stereocenters. The first-order chi connectivity index (χ1) is 12.3. The van der Waals surface area contributed by atoms with Crippen LogP contribution in [-0.2, 0) is 6.54 Å². The number of hydrogen-bond acceptors (Lipinski definition) is 4. The van der Waals surface area contributed by atoms with Crippen molar-refractivity contribution in [1.29, 1.82) is 0 Å². The molecule has 25 heavy (non-hydrogen) atoms. The number of piperazine rings is 1. The highest BCUT2D eigenvalue weighted by molar-refractivity contribution is 5.80. The van der Waals surface area contributed by atoms with Gasteiger partial charge in [0.05, 0.1) is 0 Å². The van der Waals surface area contributed by atoms with Crippen LogP contribution in [0.4, 0.5) is 10.3 Å². The van der Waals surface area contributed by atoms with E-state index in [1.54, 1.807) is 18.5 Å². The van der Waals surface area contributed by atoms with Gasteiger partial charge in [-0.2, -0.15) is 0 Å². The molecular formula is C19H20FN5. The Kier molecular flexibility index (Phi) is 3.45. The fourth-order valence-corrected chi connectivity index (χ4v) is 4.26. The van der Waals surface area contributed by atoms with Crippen LogP contribution in [0.2, 0.25) is 0 Å². The zero-order valence-corrected chi connectivity index (χ0v) is 13.9. The monoisotopic (exact) mass is 337 g/mol. The summed E-state index contributed by atoms with van der Waals surface area (Å²) in [5.41, 5.74) is 1.10. The van der Waals surface area contributed by atoms with Crippen LogP contribution in [0, 0.1) is 5.82 Å². The summed E-state index contributed by atoms with van der Waals surface area (Å²) in [6.45, 7) is 3.96. The van der Waals surface area contributed by atoms with Gasteiger partial charge in [0.2, 0.25) is 5.95 Å². The van der Waals surface area contributed by atoms with Crippen molar-refractivity contribution in [2.45, 2.75) is 25.0 Å². The Morgan fingerprint density at radius 1 is 1.04 bits per heavy atom. The second-order valence-corrected chi connectivity index (χ2v) is 6.95. The molecule has 2 atom stereocenters. The Balaban J connectivity index is 1.25. The van der Waals surface area contributed by atoms with Gasteiger partial charge in [-0.05, 0) is 36.8 Å². The Morgan fingerprint density at radius 2 is 1.84 bits per heavy atom. The number of fused-ring (bicyclic) bond motifs is 3. The van der Waals surface area contributed by atoms with Crippen molar-refractivity contribution < 1.29 is 4.39 Å². The van der Waals surface area contributed by atoms with Crippen molar-refractivity contribution in [3.63, 3.8) is 0 Å². The van der Waals surface area contributed by atoms with Crippen LogP contribution in [0.15, 0.2) is 48.9 Å². The largest absolute Gasteiger partial charge is 0.346 e. The van der Waals surface area contributed by atoms with Gasteiger partial charge in [0, 0.05) is 67.8 Å². The third-order valence-electron chi connectivity index (χ3n) is 5.51. The van der Waals surface area contributed by atoms with E-state index in [2.05, 4.69) is 30.5 Å². The van der Waals surface area contributed by atoms with E-state index >= 15 is 0 Å². The molecule has 1 aromatic carbocycles. The van der Waals surface area contributed by atoms with Crippen molar-refractivity contribution in [1.82, 2.24) is 19.4 Å². The predicted octanol–water partition coefficient (Wildman–Crippen LogP) is 2.53. The van der Waals surface area contributed by atoms with Gasteiger partial charge < -0.3 is 9.47 Å². The van der Waals surface area contributed by atoms with E-state index in [0.717, 1.165) is 43.0 Å². The van der Waals surface area contributed by atoms with Gasteiger partial charge in [-0.15, -0.1) is 0 Å². The molecule has 6 rings (SSSR count). The van der Waals surface area contributed by atoms with E-state index < -0.39 is 0 Å². The Morgan fingerprint density at radius 3 is 2.64 bits per heavy atom. The topological polar surface area (TPSA) is 37.2 Å². The minimum Gasteiger partial charge on any atom is -0.346 e. The van der Waals surface area contributed by atoms with E-state index in [4.69, 9.17) is 0 Å². The molecule has 3 saturated heterocycles. The molecule has 2 aromatic heterocycles. The second kappa shape index (κ2) is 5.81. The number of hydrogen-bond donors (Lipinski definition) is 0. The van der Waals surface area contributed by atoms with E-state index in [1.165, 1.54) is 12.5 Å².